The molecule has 0 unspecified atom stereocenters. The van der Waals surface area contributed by atoms with Crippen molar-refractivity contribution in [1.29, 1.82) is 0 Å². The zero-order valence-corrected chi connectivity index (χ0v) is 10.4. The summed E-state index contributed by atoms with van der Waals surface area (Å²) in [6.45, 7) is 1.30. The van der Waals surface area contributed by atoms with Crippen LogP contribution in [0.25, 0.3) is 0 Å². The van der Waals surface area contributed by atoms with Gasteiger partial charge >= 0.3 is 0 Å². The van der Waals surface area contributed by atoms with E-state index in [4.69, 9.17) is 5.11 Å². The van der Waals surface area contributed by atoms with Crippen LogP contribution in [0.5, 0.6) is 5.75 Å². The predicted octanol–water partition coefficient (Wildman–Crippen LogP) is 3.34. The van der Waals surface area contributed by atoms with E-state index in [1.54, 1.807) is 0 Å². The van der Waals surface area contributed by atoms with Crippen LogP contribution in [-0.4, -0.2) is 11.7 Å². The molecule has 0 atom stereocenters. The Morgan fingerprint density at radius 2 is 1.78 bits per heavy atom. The number of hydrogen-bond acceptors (Lipinski definition) is 2. The van der Waals surface area contributed by atoms with Crippen LogP contribution in [0.4, 0.5) is 8.78 Å². The minimum atomic E-state index is -0.900. The van der Waals surface area contributed by atoms with Gasteiger partial charge in [-0.15, -0.1) is 0 Å². The van der Waals surface area contributed by atoms with Crippen LogP contribution < -0.4 is 5.32 Å². The molecular formula is C14H19F2NO. The monoisotopic (exact) mass is 255 g/mol. The molecule has 0 amide bonds. The van der Waals surface area contributed by atoms with E-state index in [2.05, 4.69) is 5.32 Å². The van der Waals surface area contributed by atoms with Crippen LogP contribution in [0.2, 0.25) is 0 Å². The first-order chi connectivity index (χ1) is 8.66. The third-order valence-electron chi connectivity index (χ3n) is 3.61. The van der Waals surface area contributed by atoms with E-state index in [9.17, 15) is 8.78 Å². The van der Waals surface area contributed by atoms with E-state index in [1.165, 1.54) is 37.8 Å². The fraction of sp³-hybridized carbons (Fsp3) is 0.571. The zero-order chi connectivity index (χ0) is 13.0. The molecule has 1 aromatic carbocycles. The lowest BCUT2D eigenvalue weighted by molar-refractivity contribution is 0.394. The maximum atomic E-state index is 13.1. The van der Waals surface area contributed by atoms with Gasteiger partial charge in [0.1, 0.15) is 0 Å². The Morgan fingerprint density at radius 1 is 1.17 bits per heavy atom. The fourth-order valence-corrected chi connectivity index (χ4v) is 2.56. The average molecular weight is 255 g/mol. The number of nitrogens with one attached hydrogen (secondary N) is 1. The second-order valence-electron chi connectivity index (χ2n) is 5.02. The Labute approximate surface area is 106 Å². The molecule has 1 saturated carbocycles. The highest BCUT2D eigenvalue weighted by atomic mass is 19.1. The van der Waals surface area contributed by atoms with E-state index in [0.29, 0.717) is 12.1 Å². The van der Waals surface area contributed by atoms with Gasteiger partial charge in [-0.3, -0.25) is 0 Å². The van der Waals surface area contributed by atoms with Gasteiger partial charge in [-0.2, -0.15) is 0 Å². The van der Waals surface area contributed by atoms with Gasteiger partial charge in [-0.05, 0) is 36.6 Å². The van der Waals surface area contributed by atoms with E-state index < -0.39 is 17.4 Å². The maximum absolute atomic E-state index is 13.1. The summed E-state index contributed by atoms with van der Waals surface area (Å²) < 4.78 is 26.2. The van der Waals surface area contributed by atoms with Gasteiger partial charge in [0.05, 0.1) is 0 Å². The number of aromatic hydroxyl groups is 1. The van der Waals surface area contributed by atoms with Crippen LogP contribution in [0, 0.1) is 17.6 Å². The molecule has 0 bridgehead atoms. The van der Waals surface area contributed by atoms with Crippen molar-refractivity contribution >= 4 is 0 Å². The summed E-state index contributed by atoms with van der Waals surface area (Å²) in [6.07, 6.45) is 6.41. The summed E-state index contributed by atoms with van der Waals surface area (Å²) in [6, 6.07) is 2.34. The minimum absolute atomic E-state index is 0.431. The molecule has 0 saturated heterocycles. The van der Waals surface area contributed by atoms with E-state index >= 15 is 0 Å². The van der Waals surface area contributed by atoms with Gasteiger partial charge in [-0.1, -0.05) is 25.7 Å². The molecule has 1 aliphatic carbocycles. The number of hydrogen-bond donors (Lipinski definition) is 2. The van der Waals surface area contributed by atoms with E-state index in [-0.39, 0.29) is 0 Å². The van der Waals surface area contributed by atoms with Crippen molar-refractivity contribution in [2.75, 3.05) is 6.54 Å². The van der Waals surface area contributed by atoms with Crippen molar-refractivity contribution in [3.8, 4) is 5.75 Å². The van der Waals surface area contributed by atoms with Crippen LogP contribution in [0.1, 0.15) is 37.7 Å². The second kappa shape index (κ2) is 6.14. The largest absolute Gasteiger partial charge is 0.503 e. The molecular weight excluding hydrogens is 236 g/mol. The quantitative estimate of drug-likeness (QED) is 0.791. The van der Waals surface area contributed by atoms with Crippen LogP contribution in [0.15, 0.2) is 12.1 Å². The van der Waals surface area contributed by atoms with Gasteiger partial charge in [0.25, 0.3) is 0 Å². The molecule has 18 heavy (non-hydrogen) atoms. The summed E-state index contributed by atoms with van der Waals surface area (Å²) in [5.74, 6) is -1.89. The Morgan fingerprint density at radius 3 is 2.39 bits per heavy atom. The highest BCUT2D eigenvalue weighted by Crippen LogP contribution is 2.27. The smallest absolute Gasteiger partial charge is 0.187 e. The normalized spacial score (nSPS) is 16.3. The summed E-state index contributed by atoms with van der Waals surface area (Å²) in [5, 5.41) is 12.2. The molecule has 2 N–H and O–H groups in total. The van der Waals surface area contributed by atoms with Crippen LogP contribution in [-0.2, 0) is 6.54 Å². The van der Waals surface area contributed by atoms with Crippen molar-refractivity contribution in [2.45, 2.75) is 38.6 Å². The number of phenolic OH excluding ortho intramolecular Hbond substituents is 1. The molecule has 0 radical (unpaired) electrons. The molecule has 1 aromatic rings. The zero-order valence-electron chi connectivity index (χ0n) is 10.4. The molecule has 100 valence electrons. The Hall–Kier alpha value is -1.16. The first-order valence-corrected chi connectivity index (χ1v) is 6.54. The molecule has 0 heterocycles. The van der Waals surface area contributed by atoms with Crippen molar-refractivity contribution in [3.05, 3.63) is 29.3 Å². The van der Waals surface area contributed by atoms with E-state index in [0.717, 1.165) is 18.9 Å². The number of benzene rings is 1. The van der Waals surface area contributed by atoms with Crippen molar-refractivity contribution in [1.82, 2.24) is 5.32 Å². The Balaban J connectivity index is 1.76. The predicted molar refractivity (Wildman–Crippen MR) is 66.3 cm³/mol. The van der Waals surface area contributed by atoms with Gasteiger partial charge in [0.2, 0.25) is 0 Å². The topological polar surface area (TPSA) is 32.3 Å². The molecule has 0 aliphatic heterocycles. The molecule has 0 aromatic heterocycles. The third kappa shape index (κ3) is 3.42. The summed E-state index contributed by atoms with van der Waals surface area (Å²) in [5.41, 5.74) is 0.522. The number of rotatable bonds is 5. The van der Waals surface area contributed by atoms with Gasteiger partial charge < -0.3 is 10.4 Å². The minimum Gasteiger partial charge on any atom is -0.503 e. The standard InChI is InChI=1S/C14H19F2NO/c15-12-7-11(8-13(16)14(12)18)9-17-6-5-10-3-1-2-4-10/h7-8,10,17-18H,1-6,9H2. The summed E-state index contributed by atoms with van der Waals surface area (Å²) in [4.78, 5) is 0. The van der Waals surface area contributed by atoms with Gasteiger partial charge in [0.15, 0.2) is 17.4 Å². The number of halogens is 2. The summed E-state index contributed by atoms with van der Waals surface area (Å²) >= 11 is 0. The van der Waals surface area contributed by atoms with Crippen molar-refractivity contribution in [3.63, 3.8) is 0 Å². The summed E-state index contributed by atoms with van der Waals surface area (Å²) in [7, 11) is 0. The lowest BCUT2D eigenvalue weighted by Crippen LogP contribution is -2.17. The fourth-order valence-electron chi connectivity index (χ4n) is 2.56. The molecule has 0 spiro atoms. The van der Waals surface area contributed by atoms with Crippen molar-refractivity contribution in [2.24, 2.45) is 5.92 Å². The van der Waals surface area contributed by atoms with Crippen LogP contribution in [0.3, 0.4) is 0 Å². The molecule has 1 fully saturated rings. The van der Waals surface area contributed by atoms with E-state index in [1.807, 2.05) is 0 Å². The van der Waals surface area contributed by atoms with Crippen LogP contribution >= 0.6 is 0 Å². The molecule has 1 aliphatic rings. The van der Waals surface area contributed by atoms with Gasteiger partial charge in [0, 0.05) is 6.54 Å². The SMILES string of the molecule is Oc1c(F)cc(CNCCC2CCCC2)cc1F. The lowest BCUT2D eigenvalue weighted by Gasteiger charge is -2.10. The third-order valence-corrected chi connectivity index (χ3v) is 3.61. The lowest BCUT2D eigenvalue weighted by atomic mass is 10.0. The molecule has 2 nitrogen and oxygen atoms in total. The first kappa shape index (κ1) is 13.3. The maximum Gasteiger partial charge on any atom is 0.187 e. The Kier molecular flexibility index (Phi) is 4.53. The van der Waals surface area contributed by atoms with Gasteiger partial charge in [-0.25, -0.2) is 8.78 Å². The number of phenols is 1. The van der Waals surface area contributed by atoms with Crippen molar-refractivity contribution < 1.29 is 13.9 Å². The molecule has 2 rings (SSSR count). The second-order valence-corrected chi connectivity index (χ2v) is 5.02. The average Bonchev–Trinajstić information content (AvgIpc) is 2.84. The molecule has 4 heteroatoms. The highest BCUT2D eigenvalue weighted by molar-refractivity contribution is 5.29. The first-order valence-electron chi connectivity index (χ1n) is 6.54. The highest BCUT2D eigenvalue weighted by Gasteiger charge is 2.14. The Bertz CT molecular complexity index is 380.